The number of imide groups is 1. The predicted molar refractivity (Wildman–Crippen MR) is 103 cm³/mol. The second kappa shape index (κ2) is 9.13. The second-order valence-electron chi connectivity index (χ2n) is 7.39. The highest BCUT2D eigenvalue weighted by Gasteiger charge is 2.38. The number of rotatable bonds is 9. The maximum absolute atomic E-state index is 12.6. The molecular formula is C20H27N3O6. The maximum Gasteiger partial charge on any atom is 0.325 e. The molecule has 29 heavy (non-hydrogen) atoms. The molecule has 3 N–H and O–H groups in total. The summed E-state index contributed by atoms with van der Waals surface area (Å²) in [6.07, 6.45) is 1.12. The number of aliphatic hydroxyl groups excluding tert-OH is 1. The zero-order valence-corrected chi connectivity index (χ0v) is 16.6. The molecule has 3 rings (SSSR count). The number of amides is 4. The van der Waals surface area contributed by atoms with Crippen LogP contribution in [-0.4, -0.2) is 53.3 Å². The summed E-state index contributed by atoms with van der Waals surface area (Å²) in [5.74, 6) is 0.756. The van der Waals surface area contributed by atoms with Gasteiger partial charge in [-0.2, -0.15) is 0 Å². The lowest BCUT2D eigenvalue weighted by Crippen LogP contribution is -2.42. The minimum Gasteiger partial charge on any atom is -0.454 e. The van der Waals surface area contributed by atoms with Crippen LogP contribution in [-0.2, 0) is 16.1 Å². The van der Waals surface area contributed by atoms with Crippen molar-refractivity contribution < 1.29 is 29.0 Å². The first-order valence-electron chi connectivity index (χ1n) is 9.83. The molecule has 9 heteroatoms. The van der Waals surface area contributed by atoms with Crippen molar-refractivity contribution in [1.82, 2.24) is 15.5 Å². The van der Waals surface area contributed by atoms with Gasteiger partial charge in [0.25, 0.3) is 5.91 Å². The van der Waals surface area contributed by atoms with E-state index in [1.54, 1.807) is 18.2 Å². The standard InChI is InChI=1S/C20H27N3O6/c1-3-12(2)15(10-24)21-18(25)7-5-14-19(26)23(20(27)22-14)9-13-4-6-16-17(8-13)29-11-28-16/h4,6,8,12,14-15,24H,3,5,7,9-11H2,1-2H3,(H,21,25)(H,22,27)/t12-,14?,15-/m1/s1. The average molecular weight is 405 g/mol. The molecule has 0 bridgehead atoms. The summed E-state index contributed by atoms with van der Waals surface area (Å²) in [7, 11) is 0. The van der Waals surface area contributed by atoms with Gasteiger partial charge in [-0.15, -0.1) is 0 Å². The number of benzene rings is 1. The summed E-state index contributed by atoms with van der Waals surface area (Å²) in [5, 5.41) is 14.8. The number of fused-ring (bicyclic) bond motifs is 1. The van der Waals surface area contributed by atoms with Crippen molar-refractivity contribution in [3.05, 3.63) is 23.8 Å². The monoisotopic (exact) mass is 405 g/mol. The van der Waals surface area contributed by atoms with E-state index in [0.717, 1.165) is 16.9 Å². The molecule has 4 amide bonds. The lowest BCUT2D eigenvalue weighted by molar-refractivity contribution is -0.128. The van der Waals surface area contributed by atoms with E-state index in [1.165, 1.54) is 0 Å². The molecule has 158 valence electrons. The van der Waals surface area contributed by atoms with Crippen LogP contribution in [0.5, 0.6) is 11.5 Å². The van der Waals surface area contributed by atoms with Gasteiger partial charge in [0, 0.05) is 6.42 Å². The number of carbonyl (C=O) groups excluding carboxylic acids is 3. The minimum absolute atomic E-state index is 0.0848. The molecule has 1 fully saturated rings. The van der Waals surface area contributed by atoms with Crippen LogP contribution in [0.1, 0.15) is 38.7 Å². The van der Waals surface area contributed by atoms with Crippen LogP contribution in [0.2, 0.25) is 0 Å². The fourth-order valence-corrected chi connectivity index (χ4v) is 3.35. The Kier molecular flexibility index (Phi) is 6.58. The molecule has 0 aliphatic carbocycles. The molecule has 1 aromatic carbocycles. The Morgan fingerprint density at radius 3 is 2.83 bits per heavy atom. The molecule has 3 atom stereocenters. The van der Waals surface area contributed by atoms with E-state index in [-0.39, 0.29) is 56.6 Å². The molecule has 2 heterocycles. The largest absolute Gasteiger partial charge is 0.454 e. The van der Waals surface area contributed by atoms with Gasteiger partial charge >= 0.3 is 6.03 Å². The average Bonchev–Trinajstić information content (AvgIpc) is 3.29. The number of nitrogens with one attached hydrogen (secondary N) is 2. The van der Waals surface area contributed by atoms with Crippen LogP contribution in [0.25, 0.3) is 0 Å². The Bertz CT molecular complexity index is 783. The van der Waals surface area contributed by atoms with E-state index in [1.807, 2.05) is 13.8 Å². The summed E-state index contributed by atoms with van der Waals surface area (Å²) >= 11 is 0. The zero-order chi connectivity index (χ0) is 21.0. The van der Waals surface area contributed by atoms with Crippen molar-refractivity contribution in [1.29, 1.82) is 0 Å². The van der Waals surface area contributed by atoms with Crippen molar-refractivity contribution in [3.8, 4) is 11.5 Å². The van der Waals surface area contributed by atoms with E-state index < -0.39 is 12.1 Å². The number of urea groups is 1. The SMILES string of the molecule is CC[C@@H](C)[C@@H](CO)NC(=O)CCC1NC(=O)N(Cc2ccc3c(c2)OCO3)C1=O. The summed E-state index contributed by atoms with van der Waals surface area (Å²) in [5.41, 5.74) is 0.746. The number of aliphatic hydroxyl groups is 1. The number of hydrogen-bond donors (Lipinski definition) is 3. The molecule has 0 aromatic heterocycles. The first kappa shape index (κ1) is 20.9. The highest BCUT2D eigenvalue weighted by atomic mass is 16.7. The molecule has 0 spiro atoms. The van der Waals surface area contributed by atoms with E-state index in [2.05, 4.69) is 10.6 Å². The number of carbonyl (C=O) groups is 3. The molecule has 9 nitrogen and oxygen atoms in total. The van der Waals surface area contributed by atoms with E-state index >= 15 is 0 Å². The molecular weight excluding hydrogens is 378 g/mol. The Balaban J connectivity index is 1.53. The smallest absolute Gasteiger partial charge is 0.325 e. The van der Waals surface area contributed by atoms with Gasteiger partial charge in [-0.1, -0.05) is 26.3 Å². The van der Waals surface area contributed by atoms with Crippen LogP contribution in [0.4, 0.5) is 4.79 Å². The molecule has 2 aliphatic heterocycles. The summed E-state index contributed by atoms with van der Waals surface area (Å²) < 4.78 is 10.6. The molecule has 0 radical (unpaired) electrons. The molecule has 1 aromatic rings. The van der Waals surface area contributed by atoms with Crippen LogP contribution in [0.3, 0.4) is 0 Å². The first-order chi connectivity index (χ1) is 13.9. The van der Waals surface area contributed by atoms with Gasteiger partial charge in [0.15, 0.2) is 11.5 Å². The van der Waals surface area contributed by atoms with Crippen LogP contribution >= 0.6 is 0 Å². The van der Waals surface area contributed by atoms with Crippen molar-refractivity contribution in [3.63, 3.8) is 0 Å². The second-order valence-corrected chi connectivity index (χ2v) is 7.39. The molecule has 0 saturated carbocycles. The van der Waals surface area contributed by atoms with Crippen LogP contribution in [0, 0.1) is 5.92 Å². The highest BCUT2D eigenvalue weighted by molar-refractivity contribution is 6.04. The fourth-order valence-electron chi connectivity index (χ4n) is 3.35. The Morgan fingerprint density at radius 2 is 2.10 bits per heavy atom. The molecule has 1 saturated heterocycles. The Hall–Kier alpha value is -2.81. The fraction of sp³-hybridized carbons (Fsp3) is 0.550. The van der Waals surface area contributed by atoms with Gasteiger partial charge in [-0.25, -0.2) is 4.79 Å². The lowest BCUT2D eigenvalue weighted by atomic mass is 9.99. The van der Waals surface area contributed by atoms with Crippen molar-refractivity contribution in [2.45, 2.75) is 51.7 Å². The Morgan fingerprint density at radius 1 is 1.34 bits per heavy atom. The van der Waals surface area contributed by atoms with Gasteiger partial charge in [0.1, 0.15) is 6.04 Å². The van der Waals surface area contributed by atoms with Crippen molar-refractivity contribution >= 4 is 17.8 Å². The van der Waals surface area contributed by atoms with E-state index in [0.29, 0.717) is 11.5 Å². The third kappa shape index (κ3) is 4.79. The van der Waals surface area contributed by atoms with E-state index in [9.17, 15) is 19.5 Å². The maximum atomic E-state index is 12.6. The number of ether oxygens (including phenoxy) is 2. The normalized spacial score (nSPS) is 19.8. The molecule has 2 aliphatic rings. The van der Waals surface area contributed by atoms with Gasteiger partial charge in [-0.3, -0.25) is 14.5 Å². The van der Waals surface area contributed by atoms with Crippen LogP contribution < -0.4 is 20.1 Å². The lowest BCUT2D eigenvalue weighted by Gasteiger charge is -2.22. The van der Waals surface area contributed by atoms with Gasteiger partial charge in [-0.05, 0) is 30.0 Å². The summed E-state index contributed by atoms with van der Waals surface area (Å²) in [4.78, 5) is 38.2. The predicted octanol–water partition coefficient (Wildman–Crippen LogP) is 1.14. The Labute approximate surface area is 169 Å². The van der Waals surface area contributed by atoms with Gasteiger partial charge in [0.05, 0.1) is 19.2 Å². The van der Waals surface area contributed by atoms with Gasteiger partial charge < -0.3 is 25.2 Å². The zero-order valence-electron chi connectivity index (χ0n) is 16.6. The first-order valence-corrected chi connectivity index (χ1v) is 9.83. The summed E-state index contributed by atoms with van der Waals surface area (Å²) in [6, 6.07) is 3.73. The van der Waals surface area contributed by atoms with Crippen molar-refractivity contribution in [2.75, 3.05) is 13.4 Å². The van der Waals surface area contributed by atoms with Crippen LogP contribution in [0.15, 0.2) is 18.2 Å². The van der Waals surface area contributed by atoms with E-state index in [4.69, 9.17) is 9.47 Å². The highest BCUT2D eigenvalue weighted by Crippen LogP contribution is 2.33. The van der Waals surface area contributed by atoms with Crippen molar-refractivity contribution in [2.24, 2.45) is 5.92 Å². The summed E-state index contributed by atoms with van der Waals surface area (Å²) in [6.45, 7) is 4.07. The molecule has 1 unspecified atom stereocenters. The quantitative estimate of drug-likeness (QED) is 0.531. The number of nitrogens with zero attached hydrogens (tertiary/aromatic N) is 1. The number of hydrogen-bond acceptors (Lipinski definition) is 6. The third-order valence-electron chi connectivity index (χ3n) is 5.42. The van der Waals surface area contributed by atoms with Gasteiger partial charge in [0.2, 0.25) is 12.7 Å². The minimum atomic E-state index is -0.738. The third-order valence-corrected chi connectivity index (χ3v) is 5.42. The topological polar surface area (TPSA) is 117 Å².